The molecular formula is C24H33N3OS. The van der Waals surface area contributed by atoms with Crippen LogP contribution >= 0.6 is 12.2 Å². The van der Waals surface area contributed by atoms with Crippen molar-refractivity contribution in [3.8, 4) is 0 Å². The van der Waals surface area contributed by atoms with Crippen molar-refractivity contribution in [2.75, 3.05) is 0 Å². The van der Waals surface area contributed by atoms with Gasteiger partial charge in [0, 0.05) is 23.2 Å². The van der Waals surface area contributed by atoms with Crippen LogP contribution in [0.1, 0.15) is 75.3 Å². The molecule has 0 saturated heterocycles. The molecule has 0 amide bonds. The maximum Gasteiger partial charge on any atom is 0.253 e. The molecule has 1 heterocycles. The molecule has 5 heteroatoms. The van der Waals surface area contributed by atoms with Gasteiger partial charge in [0.1, 0.15) is 0 Å². The molecule has 0 radical (unpaired) electrons. The second-order valence-electron chi connectivity index (χ2n) is 8.92. The maximum absolute atomic E-state index is 12.8. The summed E-state index contributed by atoms with van der Waals surface area (Å²) in [4.78, 5) is 18.2. The maximum atomic E-state index is 12.8. The van der Waals surface area contributed by atoms with Crippen molar-refractivity contribution in [3.05, 3.63) is 45.7 Å². The van der Waals surface area contributed by atoms with E-state index in [0.29, 0.717) is 18.6 Å². The van der Waals surface area contributed by atoms with Crippen molar-refractivity contribution < 1.29 is 0 Å². The normalized spacial score (nSPS) is 18.7. The first-order chi connectivity index (χ1) is 14.1. The molecule has 0 unspecified atom stereocenters. The zero-order valence-corrected chi connectivity index (χ0v) is 18.3. The van der Waals surface area contributed by atoms with Crippen molar-refractivity contribution >= 4 is 28.2 Å². The van der Waals surface area contributed by atoms with Crippen LogP contribution in [-0.2, 0) is 6.54 Å². The summed E-state index contributed by atoms with van der Waals surface area (Å²) in [6.07, 6.45) is 12.4. The van der Waals surface area contributed by atoms with Crippen molar-refractivity contribution in [1.82, 2.24) is 15.2 Å². The Morgan fingerprint density at radius 3 is 2.48 bits per heavy atom. The Morgan fingerprint density at radius 1 is 1.07 bits per heavy atom. The molecule has 1 aromatic heterocycles. The van der Waals surface area contributed by atoms with E-state index in [-0.39, 0.29) is 5.56 Å². The Morgan fingerprint density at radius 2 is 1.76 bits per heavy atom. The molecule has 1 aromatic carbocycles. The number of pyridine rings is 1. The van der Waals surface area contributed by atoms with Crippen molar-refractivity contribution in [2.45, 2.75) is 89.8 Å². The molecule has 156 valence electrons. The molecule has 2 N–H and O–H groups in total. The average molecular weight is 412 g/mol. The van der Waals surface area contributed by atoms with Gasteiger partial charge < -0.3 is 15.2 Å². The minimum atomic E-state index is 0.00243. The summed E-state index contributed by atoms with van der Waals surface area (Å²) in [5.41, 5.74) is 2.91. The van der Waals surface area contributed by atoms with Crippen LogP contribution in [0.5, 0.6) is 0 Å². The van der Waals surface area contributed by atoms with Gasteiger partial charge in [0.15, 0.2) is 5.11 Å². The number of aromatic nitrogens is 1. The Labute approximate surface area is 179 Å². The Kier molecular flexibility index (Phi) is 6.53. The summed E-state index contributed by atoms with van der Waals surface area (Å²) in [6.45, 7) is 2.67. The smallest absolute Gasteiger partial charge is 0.253 e. The van der Waals surface area contributed by atoms with Gasteiger partial charge in [-0.15, -0.1) is 0 Å². The average Bonchev–Trinajstić information content (AvgIpc) is 2.73. The number of rotatable bonds is 4. The predicted octanol–water partition coefficient (Wildman–Crippen LogP) is 5.18. The number of aryl methyl sites for hydroxylation is 1. The van der Waals surface area contributed by atoms with E-state index in [1.165, 1.54) is 56.9 Å². The molecule has 0 spiro atoms. The minimum Gasteiger partial charge on any atom is -0.360 e. The highest BCUT2D eigenvalue weighted by atomic mass is 32.1. The number of aromatic amines is 1. The quantitative estimate of drug-likeness (QED) is 0.681. The number of thiocarbonyl (C=S) groups is 1. The molecular weight excluding hydrogens is 378 g/mol. The molecule has 2 fully saturated rings. The summed E-state index contributed by atoms with van der Waals surface area (Å²) in [5, 5.41) is 5.58. The fourth-order valence-electron chi connectivity index (χ4n) is 4.94. The van der Waals surface area contributed by atoms with E-state index in [0.717, 1.165) is 34.4 Å². The lowest BCUT2D eigenvalue weighted by molar-refractivity contribution is 0.230. The van der Waals surface area contributed by atoms with Gasteiger partial charge >= 0.3 is 0 Å². The molecule has 4 rings (SSSR count). The summed E-state index contributed by atoms with van der Waals surface area (Å²) >= 11 is 5.90. The van der Waals surface area contributed by atoms with Crippen LogP contribution in [0.2, 0.25) is 0 Å². The predicted molar refractivity (Wildman–Crippen MR) is 124 cm³/mol. The number of hydrogen-bond acceptors (Lipinski definition) is 2. The number of nitrogens with one attached hydrogen (secondary N) is 2. The van der Waals surface area contributed by atoms with E-state index in [4.69, 9.17) is 12.2 Å². The highest BCUT2D eigenvalue weighted by Gasteiger charge is 2.26. The van der Waals surface area contributed by atoms with Crippen LogP contribution < -0.4 is 10.9 Å². The van der Waals surface area contributed by atoms with E-state index >= 15 is 0 Å². The molecule has 2 saturated carbocycles. The molecule has 0 atom stereocenters. The first-order valence-corrected chi connectivity index (χ1v) is 11.7. The van der Waals surface area contributed by atoms with Crippen LogP contribution in [0.4, 0.5) is 0 Å². The van der Waals surface area contributed by atoms with E-state index in [2.05, 4.69) is 34.3 Å². The van der Waals surface area contributed by atoms with Crippen LogP contribution in [0.15, 0.2) is 29.1 Å². The summed E-state index contributed by atoms with van der Waals surface area (Å²) in [7, 11) is 0. The van der Waals surface area contributed by atoms with Gasteiger partial charge in [-0.1, -0.05) is 50.2 Å². The van der Waals surface area contributed by atoms with Crippen LogP contribution in [0.25, 0.3) is 10.9 Å². The largest absolute Gasteiger partial charge is 0.360 e. The van der Waals surface area contributed by atoms with E-state index in [1.54, 1.807) is 0 Å². The zero-order valence-electron chi connectivity index (χ0n) is 17.5. The minimum absolute atomic E-state index is 0.00243. The molecule has 0 aliphatic heterocycles. The van der Waals surface area contributed by atoms with E-state index in [1.807, 2.05) is 12.1 Å². The fraction of sp³-hybridized carbons (Fsp3) is 0.583. The summed E-state index contributed by atoms with van der Waals surface area (Å²) < 4.78 is 0. The third kappa shape index (κ3) is 5.00. The van der Waals surface area contributed by atoms with Gasteiger partial charge in [-0.3, -0.25) is 4.79 Å². The highest BCUT2D eigenvalue weighted by Crippen LogP contribution is 2.25. The second-order valence-corrected chi connectivity index (χ2v) is 9.31. The number of H-pyrrole nitrogens is 1. The molecule has 2 aliphatic rings. The molecule has 2 aromatic rings. The SMILES string of the molecule is Cc1ccc2[nH]c(=O)c(CN(C(=S)NC3CCCCC3)C3CCCCC3)cc2c1. The summed E-state index contributed by atoms with van der Waals surface area (Å²) in [5.74, 6) is 0. The lowest BCUT2D eigenvalue weighted by Gasteiger charge is -2.38. The topological polar surface area (TPSA) is 48.1 Å². The van der Waals surface area contributed by atoms with E-state index < -0.39 is 0 Å². The van der Waals surface area contributed by atoms with E-state index in [9.17, 15) is 4.79 Å². The standard InChI is InChI=1S/C24H33N3OS/c1-17-12-13-22-18(14-17)15-19(23(28)26-22)16-27(21-10-6-3-7-11-21)24(29)25-20-8-4-2-5-9-20/h12-15,20-21H,2-11,16H2,1H3,(H,25,29)(H,26,28). The van der Waals surface area contributed by atoms with Gasteiger partial charge in [0.2, 0.25) is 0 Å². The van der Waals surface area contributed by atoms with Gasteiger partial charge in [-0.05, 0) is 68.4 Å². The fourth-order valence-corrected chi connectivity index (χ4v) is 5.32. The third-order valence-corrected chi connectivity index (χ3v) is 6.98. The van der Waals surface area contributed by atoms with Crippen molar-refractivity contribution in [3.63, 3.8) is 0 Å². The van der Waals surface area contributed by atoms with Gasteiger partial charge in [-0.25, -0.2) is 0 Å². The van der Waals surface area contributed by atoms with Gasteiger partial charge in [-0.2, -0.15) is 0 Å². The monoisotopic (exact) mass is 411 g/mol. The van der Waals surface area contributed by atoms with Crippen molar-refractivity contribution in [2.24, 2.45) is 0 Å². The Bertz CT molecular complexity index is 910. The Hall–Kier alpha value is -1.88. The third-order valence-electron chi connectivity index (χ3n) is 6.63. The van der Waals surface area contributed by atoms with Crippen LogP contribution in [0, 0.1) is 6.92 Å². The molecule has 4 nitrogen and oxygen atoms in total. The highest BCUT2D eigenvalue weighted by molar-refractivity contribution is 7.80. The lowest BCUT2D eigenvalue weighted by atomic mass is 9.93. The molecule has 0 bridgehead atoms. The number of hydrogen-bond donors (Lipinski definition) is 2. The lowest BCUT2D eigenvalue weighted by Crippen LogP contribution is -2.50. The first kappa shape index (κ1) is 20.4. The number of nitrogens with zero attached hydrogens (tertiary/aromatic N) is 1. The molecule has 2 aliphatic carbocycles. The number of fused-ring (bicyclic) bond motifs is 1. The van der Waals surface area contributed by atoms with Gasteiger partial charge in [0.05, 0.1) is 6.54 Å². The summed E-state index contributed by atoms with van der Waals surface area (Å²) in [6, 6.07) is 9.14. The van der Waals surface area contributed by atoms with Crippen LogP contribution in [-0.4, -0.2) is 27.1 Å². The zero-order chi connectivity index (χ0) is 20.2. The van der Waals surface area contributed by atoms with Crippen molar-refractivity contribution in [1.29, 1.82) is 0 Å². The second kappa shape index (κ2) is 9.29. The first-order valence-electron chi connectivity index (χ1n) is 11.3. The molecule has 29 heavy (non-hydrogen) atoms. The van der Waals surface area contributed by atoms with Crippen LogP contribution in [0.3, 0.4) is 0 Å². The Balaban J connectivity index is 1.58. The van der Waals surface area contributed by atoms with Gasteiger partial charge in [0.25, 0.3) is 5.56 Å². The number of benzene rings is 1.